The van der Waals surface area contributed by atoms with Crippen LogP contribution in [0.25, 0.3) is 0 Å². The number of hydrogen-bond acceptors (Lipinski definition) is 4. The highest BCUT2D eigenvalue weighted by molar-refractivity contribution is 5.86. The molecule has 0 aliphatic heterocycles. The van der Waals surface area contributed by atoms with Crippen LogP contribution in [-0.2, 0) is 11.3 Å². The summed E-state index contributed by atoms with van der Waals surface area (Å²) < 4.78 is 10.4. The van der Waals surface area contributed by atoms with Crippen molar-refractivity contribution in [3.05, 3.63) is 23.7 Å². The molecule has 1 heterocycles. The minimum Gasteiger partial charge on any atom is -0.460 e. The fourth-order valence-electron chi connectivity index (χ4n) is 1.92. The van der Waals surface area contributed by atoms with Crippen LogP contribution < -0.4 is 0 Å². The summed E-state index contributed by atoms with van der Waals surface area (Å²) in [4.78, 5) is 13.8. The lowest BCUT2D eigenvalue weighted by Crippen LogP contribution is -2.36. The molecule has 0 aliphatic rings. The number of carbonyl (C=O) groups excluding carboxylic acids is 1. The summed E-state index contributed by atoms with van der Waals surface area (Å²) in [5, 5.41) is 0. The van der Waals surface area contributed by atoms with Crippen LogP contribution in [0.1, 0.15) is 50.9 Å². The molecular formula is C14H23NO3. The number of furan rings is 1. The van der Waals surface area contributed by atoms with E-state index in [9.17, 15) is 4.79 Å². The molecule has 1 aromatic rings. The summed E-state index contributed by atoms with van der Waals surface area (Å²) in [6, 6.07) is 4.37. The lowest BCUT2D eigenvalue weighted by Gasteiger charge is -2.29. The Hall–Kier alpha value is -1.29. The van der Waals surface area contributed by atoms with Gasteiger partial charge in [-0.15, -0.1) is 0 Å². The maximum Gasteiger partial charge on any atom is 0.374 e. The summed E-state index contributed by atoms with van der Waals surface area (Å²) >= 11 is 0. The lowest BCUT2D eigenvalue weighted by atomic mass is 10.2. The first-order chi connectivity index (χ1) is 8.45. The van der Waals surface area contributed by atoms with Crippen molar-refractivity contribution in [3.8, 4) is 0 Å². The summed E-state index contributed by atoms with van der Waals surface area (Å²) in [6.07, 6.45) is 0. The molecule has 0 unspecified atom stereocenters. The van der Waals surface area contributed by atoms with Crippen molar-refractivity contribution in [1.82, 2.24) is 4.90 Å². The van der Waals surface area contributed by atoms with Crippen molar-refractivity contribution in [2.75, 3.05) is 6.61 Å². The molecule has 0 N–H and O–H groups in total. The SMILES string of the molecule is CCOC(=O)c1ccc(CN(C(C)C)C(C)C)o1. The molecule has 0 radical (unpaired) electrons. The van der Waals surface area contributed by atoms with Crippen molar-refractivity contribution in [2.45, 2.75) is 53.2 Å². The highest BCUT2D eigenvalue weighted by atomic mass is 16.5. The van der Waals surface area contributed by atoms with E-state index in [1.807, 2.05) is 6.07 Å². The number of nitrogens with zero attached hydrogens (tertiary/aromatic N) is 1. The zero-order chi connectivity index (χ0) is 13.7. The maximum absolute atomic E-state index is 11.5. The third kappa shape index (κ3) is 3.88. The van der Waals surface area contributed by atoms with Crippen LogP contribution in [0.4, 0.5) is 0 Å². The van der Waals surface area contributed by atoms with Crippen LogP contribution >= 0.6 is 0 Å². The Morgan fingerprint density at radius 1 is 1.28 bits per heavy atom. The van der Waals surface area contributed by atoms with Gasteiger partial charge in [0.25, 0.3) is 0 Å². The fraction of sp³-hybridized carbons (Fsp3) is 0.643. The van der Waals surface area contributed by atoms with Gasteiger partial charge < -0.3 is 9.15 Å². The molecule has 18 heavy (non-hydrogen) atoms. The molecule has 0 bridgehead atoms. The van der Waals surface area contributed by atoms with Gasteiger partial charge in [0.15, 0.2) is 0 Å². The van der Waals surface area contributed by atoms with Crippen molar-refractivity contribution < 1.29 is 13.9 Å². The van der Waals surface area contributed by atoms with E-state index in [-0.39, 0.29) is 5.76 Å². The van der Waals surface area contributed by atoms with Gasteiger partial charge in [-0.05, 0) is 46.8 Å². The van der Waals surface area contributed by atoms with Crippen LogP contribution in [0.15, 0.2) is 16.5 Å². The quantitative estimate of drug-likeness (QED) is 0.731. The molecule has 0 saturated heterocycles. The zero-order valence-electron chi connectivity index (χ0n) is 11.9. The van der Waals surface area contributed by atoms with Gasteiger partial charge in [0.1, 0.15) is 5.76 Å². The zero-order valence-corrected chi connectivity index (χ0v) is 11.9. The average Bonchev–Trinajstić information content (AvgIpc) is 2.73. The molecule has 0 aromatic carbocycles. The van der Waals surface area contributed by atoms with E-state index in [2.05, 4.69) is 32.6 Å². The Morgan fingerprint density at radius 3 is 2.39 bits per heavy atom. The van der Waals surface area contributed by atoms with E-state index in [1.165, 1.54) is 0 Å². The molecule has 0 atom stereocenters. The Morgan fingerprint density at radius 2 is 1.89 bits per heavy atom. The third-order valence-corrected chi connectivity index (χ3v) is 2.80. The monoisotopic (exact) mass is 253 g/mol. The molecule has 102 valence electrons. The molecule has 1 rings (SSSR count). The molecular weight excluding hydrogens is 230 g/mol. The highest BCUT2D eigenvalue weighted by Gasteiger charge is 2.17. The molecule has 0 saturated carbocycles. The van der Waals surface area contributed by atoms with E-state index in [0.29, 0.717) is 25.2 Å². The van der Waals surface area contributed by atoms with Crippen LogP contribution in [-0.4, -0.2) is 29.6 Å². The van der Waals surface area contributed by atoms with Crippen LogP contribution in [0.3, 0.4) is 0 Å². The molecule has 0 amide bonds. The van der Waals surface area contributed by atoms with Crippen molar-refractivity contribution in [3.63, 3.8) is 0 Å². The second-order valence-corrected chi connectivity index (χ2v) is 4.85. The topological polar surface area (TPSA) is 42.7 Å². The van der Waals surface area contributed by atoms with E-state index < -0.39 is 5.97 Å². The fourth-order valence-corrected chi connectivity index (χ4v) is 1.92. The second kappa shape index (κ2) is 6.59. The highest BCUT2D eigenvalue weighted by Crippen LogP contribution is 2.15. The lowest BCUT2D eigenvalue weighted by molar-refractivity contribution is 0.0484. The normalized spacial score (nSPS) is 11.6. The maximum atomic E-state index is 11.5. The number of rotatable bonds is 6. The van der Waals surface area contributed by atoms with Crippen molar-refractivity contribution in [2.24, 2.45) is 0 Å². The number of hydrogen-bond donors (Lipinski definition) is 0. The van der Waals surface area contributed by atoms with Gasteiger partial charge in [-0.2, -0.15) is 0 Å². The number of ether oxygens (including phenoxy) is 1. The predicted octanol–water partition coefficient (Wildman–Crippen LogP) is 3.08. The minimum atomic E-state index is -0.399. The summed E-state index contributed by atoms with van der Waals surface area (Å²) in [5.74, 6) is 0.671. The molecule has 0 fully saturated rings. The van der Waals surface area contributed by atoms with E-state index in [0.717, 1.165) is 5.76 Å². The van der Waals surface area contributed by atoms with Crippen LogP contribution in [0.2, 0.25) is 0 Å². The molecule has 4 heteroatoms. The third-order valence-electron chi connectivity index (χ3n) is 2.80. The van der Waals surface area contributed by atoms with Gasteiger partial charge >= 0.3 is 5.97 Å². The summed E-state index contributed by atoms with van der Waals surface area (Å²) in [7, 11) is 0. The first-order valence-electron chi connectivity index (χ1n) is 6.47. The Labute approximate surface area is 109 Å². The first kappa shape index (κ1) is 14.8. The molecule has 0 aliphatic carbocycles. The summed E-state index contributed by atoms with van der Waals surface area (Å²) in [6.45, 7) is 11.4. The van der Waals surface area contributed by atoms with E-state index >= 15 is 0 Å². The van der Waals surface area contributed by atoms with Crippen molar-refractivity contribution >= 4 is 5.97 Å². The molecule has 0 spiro atoms. The van der Waals surface area contributed by atoms with Crippen LogP contribution in [0, 0.1) is 0 Å². The van der Waals surface area contributed by atoms with Gasteiger partial charge in [-0.25, -0.2) is 4.79 Å². The average molecular weight is 253 g/mol. The number of carbonyl (C=O) groups is 1. The van der Waals surface area contributed by atoms with Crippen molar-refractivity contribution in [1.29, 1.82) is 0 Å². The van der Waals surface area contributed by atoms with Gasteiger partial charge in [-0.1, -0.05) is 0 Å². The van der Waals surface area contributed by atoms with Gasteiger partial charge in [0, 0.05) is 12.1 Å². The molecule has 1 aromatic heterocycles. The largest absolute Gasteiger partial charge is 0.460 e. The predicted molar refractivity (Wildman–Crippen MR) is 70.5 cm³/mol. The Kier molecular flexibility index (Phi) is 5.41. The van der Waals surface area contributed by atoms with E-state index in [1.54, 1.807) is 13.0 Å². The smallest absolute Gasteiger partial charge is 0.374 e. The second-order valence-electron chi connectivity index (χ2n) is 4.85. The van der Waals surface area contributed by atoms with Gasteiger partial charge in [-0.3, -0.25) is 4.90 Å². The number of esters is 1. The first-order valence-corrected chi connectivity index (χ1v) is 6.47. The minimum absolute atomic E-state index is 0.277. The Bertz CT molecular complexity index is 374. The summed E-state index contributed by atoms with van der Waals surface area (Å²) in [5.41, 5.74) is 0. The Balaban J connectivity index is 2.71. The van der Waals surface area contributed by atoms with E-state index in [4.69, 9.17) is 9.15 Å². The van der Waals surface area contributed by atoms with Gasteiger partial charge in [0.05, 0.1) is 13.2 Å². The van der Waals surface area contributed by atoms with Crippen LogP contribution in [0.5, 0.6) is 0 Å². The van der Waals surface area contributed by atoms with Gasteiger partial charge in [0.2, 0.25) is 5.76 Å². The standard InChI is InChI=1S/C14H23NO3/c1-6-17-14(16)13-8-7-12(18-13)9-15(10(2)3)11(4)5/h7-8,10-11H,6,9H2,1-5H3. The molecule has 4 nitrogen and oxygen atoms in total.